The summed E-state index contributed by atoms with van der Waals surface area (Å²) in [7, 11) is 0. The number of aryl methyl sites for hydroxylation is 1. The SMILES string of the molecule is Cc1cccc(-n2c(SCC(=O)Nc3ccccc3F)nc3ccsc3c2=O)c1. The summed E-state index contributed by atoms with van der Waals surface area (Å²) >= 11 is 2.47. The Balaban J connectivity index is 1.66. The maximum atomic E-state index is 13.8. The Labute approximate surface area is 174 Å². The Morgan fingerprint density at radius 3 is 2.83 bits per heavy atom. The van der Waals surface area contributed by atoms with Crippen LogP contribution in [0.25, 0.3) is 15.9 Å². The molecule has 4 aromatic rings. The summed E-state index contributed by atoms with van der Waals surface area (Å²) in [5, 5.41) is 4.78. The van der Waals surface area contributed by atoms with Crippen molar-refractivity contribution in [3.05, 3.63) is 81.7 Å². The average molecular weight is 426 g/mol. The van der Waals surface area contributed by atoms with E-state index in [9.17, 15) is 14.0 Å². The first-order valence-electron chi connectivity index (χ1n) is 8.77. The minimum atomic E-state index is -0.500. The predicted octanol–water partition coefficient (Wildman–Crippen LogP) is 4.63. The van der Waals surface area contributed by atoms with Crippen LogP contribution in [-0.2, 0) is 4.79 Å². The van der Waals surface area contributed by atoms with Gasteiger partial charge < -0.3 is 5.32 Å². The van der Waals surface area contributed by atoms with Gasteiger partial charge in [0.1, 0.15) is 10.5 Å². The lowest BCUT2D eigenvalue weighted by atomic mass is 10.2. The molecular weight excluding hydrogens is 409 g/mol. The van der Waals surface area contributed by atoms with Gasteiger partial charge in [0, 0.05) is 0 Å². The number of thioether (sulfide) groups is 1. The minimum Gasteiger partial charge on any atom is -0.323 e. The van der Waals surface area contributed by atoms with E-state index in [-0.39, 0.29) is 22.9 Å². The van der Waals surface area contributed by atoms with E-state index in [1.165, 1.54) is 28.0 Å². The lowest BCUT2D eigenvalue weighted by Crippen LogP contribution is -2.22. The van der Waals surface area contributed by atoms with E-state index in [1.54, 1.807) is 18.2 Å². The molecule has 0 spiro atoms. The van der Waals surface area contributed by atoms with Crippen LogP contribution in [0.4, 0.5) is 10.1 Å². The van der Waals surface area contributed by atoms with Gasteiger partial charge >= 0.3 is 0 Å². The van der Waals surface area contributed by atoms with Gasteiger partial charge in [-0.2, -0.15) is 0 Å². The molecule has 1 N–H and O–H groups in total. The molecule has 2 heterocycles. The summed E-state index contributed by atoms with van der Waals surface area (Å²) in [5.41, 5.74) is 2.24. The first-order valence-corrected chi connectivity index (χ1v) is 10.6. The van der Waals surface area contributed by atoms with Crippen molar-refractivity contribution in [1.29, 1.82) is 0 Å². The molecule has 0 aliphatic carbocycles. The molecule has 0 unspecified atom stereocenters. The summed E-state index contributed by atoms with van der Waals surface area (Å²) < 4.78 is 15.8. The summed E-state index contributed by atoms with van der Waals surface area (Å²) in [5.74, 6) is -0.890. The number of hydrogen-bond acceptors (Lipinski definition) is 5. The van der Waals surface area contributed by atoms with Gasteiger partial charge in [-0.25, -0.2) is 9.37 Å². The Morgan fingerprint density at radius 1 is 1.21 bits per heavy atom. The second-order valence-electron chi connectivity index (χ2n) is 6.33. The van der Waals surface area contributed by atoms with E-state index in [1.807, 2.05) is 36.6 Å². The first kappa shape index (κ1) is 19.4. The van der Waals surface area contributed by atoms with Crippen LogP contribution in [0.15, 0.2) is 69.9 Å². The molecule has 0 radical (unpaired) electrons. The fourth-order valence-corrected chi connectivity index (χ4v) is 4.43. The number of halogens is 1. The van der Waals surface area contributed by atoms with Crippen LogP contribution in [0.2, 0.25) is 0 Å². The van der Waals surface area contributed by atoms with E-state index in [2.05, 4.69) is 10.3 Å². The van der Waals surface area contributed by atoms with Gasteiger partial charge in [-0.15, -0.1) is 11.3 Å². The number of fused-ring (bicyclic) bond motifs is 1. The lowest BCUT2D eigenvalue weighted by molar-refractivity contribution is -0.113. The van der Waals surface area contributed by atoms with E-state index < -0.39 is 5.82 Å². The number of rotatable bonds is 5. The van der Waals surface area contributed by atoms with Gasteiger partial charge in [0.05, 0.1) is 22.6 Å². The van der Waals surface area contributed by atoms with E-state index >= 15 is 0 Å². The second kappa shape index (κ2) is 8.18. The number of anilines is 1. The number of carbonyl (C=O) groups excluding carboxylic acids is 1. The van der Waals surface area contributed by atoms with Crippen LogP contribution >= 0.6 is 23.1 Å². The quantitative estimate of drug-likeness (QED) is 0.374. The van der Waals surface area contributed by atoms with Crippen LogP contribution in [0, 0.1) is 12.7 Å². The van der Waals surface area contributed by atoms with Crippen molar-refractivity contribution in [3.8, 4) is 5.69 Å². The fourth-order valence-electron chi connectivity index (χ4n) is 2.86. The molecule has 5 nitrogen and oxygen atoms in total. The minimum absolute atomic E-state index is 0.0117. The van der Waals surface area contributed by atoms with Crippen molar-refractivity contribution in [2.45, 2.75) is 12.1 Å². The maximum absolute atomic E-state index is 13.8. The van der Waals surface area contributed by atoms with Crippen molar-refractivity contribution >= 4 is 44.9 Å². The number of aromatic nitrogens is 2. The normalized spacial score (nSPS) is 11.0. The zero-order chi connectivity index (χ0) is 20.4. The summed E-state index contributed by atoms with van der Waals surface area (Å²) in [6.07, 6.45) is 0. The highest BCUT2D eigenvalue weighted by molar-refractivity contribution is 7.99. The third-order valence-corrected chi connectivity index (χ3v) is 6.02. The fraction of sp³-hybridized carbons (Fsp3) is 0.0952. The Bertz CT molecular complexity index is 1270. The number of benzene rings is 2. The molecule has 0 saturated heterocycles. The van der Waals surface area contributed by atoms with Gasteiger partial charge in [0.15, 0.2) is 5.16 Å². The molecule has 0 atom stereocenters. The molecule has 2 aromatic carbocycles. The van der Waals surface area contributed by atoms with Gasteiger partial charge in [-0.3, -0.25) is 14.2 Å². The van der Waals surface area contributed by atoms with E-state index in [4.69, 9.17) is 0 Å². The number of thiophene rings is 1. The summed E-state index contributed by atoms with van der Waals surface area (Å²) in [4.78, 5) is 30.0. The standard InChI is InChI=1S/C21H16FN3O2S2/c1-13-5-4-6-14(11-13)25-20(27)19-17(9-10-28-19)24-21(25)29-12-18(26)23-16-8-3-2-7-15(16)22/h2-11H,12H2,1H3,(H,23,26). The molecule has 8 heteroatoms. The van der Waals surface area contributed by atoms with Crippen molar-refractivity contribution in [3.63, 3.8) is 0 Å². The van der Waals surface area contributed by atoms with Crippen LogP contribution in [0.1, 0.15) is 5.56 Å². The molecule has 0 aliphatic rings. The van der Waals surface area contributed by atoms with Gasteiger partial charge in [0.2, 0.25) is 5.91 Å². The molecule has 1 amide bonds. The van der Waals surface area contributed by atoms with Crippen molar-refractivity contribution in [1.82, 2.24) is 9.55 Å². The maximum Gasteiger partial charge on any atom is 0.276 e. The van der Waals surface area contributed by atoms with Crippen LogP contribution in [0.5, 0.6) is 0 Å². The third kappa shape index (κ3) is 4.08. The number of hydrogen-bond donors (Lipinski definition) is 1. The van der Waals surface area contributed by atoms with Crippen molar-refractivity contribution in [2.75, 3.05) is 11.1 Å². The largest absolute Gasteiger partial charge is 0.323 e. The van der Waals surface area contributed by atoms with Crippen LogP contribution < -0.4 is 10.9 Å². The molecule has 0 aliphatic heterocycles. The molecule has 2 aromatic heterocycles. The molecule has 0 saturated carbocycles. The topological polar surface area (TPSA) is 64.0 Å². The molecular formula is C21H16FN3O2S2. The average Bonchev–Trinajstić information content (AvgIpc) is 3.17. The summed E-state index contributed by atoms with van der Waals surface area (Å²) in [6, 6.07) is 15.3. The second-order valence-corrected chi connectivity index (χ2v) is 8.18. The van der Waals surface area contributed by atoms with Gasteiger partial charge in [-0.1, -0.05) is 36.0 Å². The zero-order valence-electron chi connectivity index (χ0n) is 15.4. The number of carbonyl (C=O) groups is 1. The highest BCUT2D eigenvalue weighted by atomic mass is 32.2. The number of nitrogens with zero attached hydrogens (tertiary/aromatic N) is 2. The summed E-state index contributed by atoms with van der Waals surface area (Å²) in [6.45, 7) is 1.94. The molecule has 0 fully saturated rings. The van der Waals surface area contributed by atoms with E-state index in [0.29, 0.717) is 21.1 Å². The smallest absolute Gasteiger partial charge is 0.276 e. The number of para-hydroxylation sites is 1. The number of amides is 1. The third-order valence-electron chi connectivity index (χ3n) is 4.19. The zero-order valence-corrected chi connectivity index (χ0v) is 17.0. The van der Waals surface area contributed by atoms with Gasteiger partial charge in [0.25, 0.3) is 5.56 Å². The Morgan fingerprint density at radius 2 is 2.03 bits per heavy atom. The van der Waals surface area contributed by atoms with Crippen LogP contribution in [-0.4, -0.2) is 21.2 Å². The number of nitrogens with one attached hydrogen (secondary N) is 1. The highest BCUT2D eigenvalue weighted by Crippen LogP contribution is 2.24. The molecule has 146 valence electrons. The first-order chi connectivity index (χ1) is 14.0. The lowest BCUT2D eigenvalue weighted by Gasteiger charge is -2.12. The molecule has 29 heavy (non-hydrogen) atoms. The van der Waals surface area contributed by atoms with Gasteiger partial charge in [-0.05, 0) is 48.2 Å². The van der Waals surface area contributed by atoms with Crippen LogP contribution in [0.3, 0.4) is 0 Å². The predicted molar refractivity (Wildman–Crippen MR) is 116 cm³/mol. The van der Waals surface area contributed by atoms with Crippen molar-refractivity contribution < 1.29 is 9.18 Å². The molecule has 0 bridgehead atoms. The van der Waals surface area contributed by atoms with Crippen molar-refractivity contribution in [2.24, 2.45) is 0 Å². The molecule has 4 rings (SSSR count). The van der Waals surface area contributed by atoms with E-state index in [0.717, 1.165) is 17.3 Å². The monoisotopic (exact) mass is 425 g/mol. The Hall–Kier alpha value is -2.97. The Kier molecular flexibility index (Phi) is 5.46. The highest BCUT2D eigenvalue weighted by Gasteiger charge is 2.16.